The number of hydrogen-bond donors (Lipinski definition) is 2. The van der Waals surface area contributed by atoms with Crippen molar-refractivity contribution in [3.63, 3.8) is 0 Å². The Morgan fingerprint density at radius 2 is 1.92 bits per heavy atom. The van der Waals surface area contributed by atoms with Gasteiger partial charge in [0, 0.05) is 50.2 Å². The fourth-order valence-electron chi connectivity index (χ4n) is 2.99. The van der Waals surface area contributed by atoms with Gasteiger partial charge in [0.1, 0.15) is 5.01 Å². The van der Waals surface area contributed by atoms with Crippen LogP contribution in [0.5, 0.6) is 0 Å². The minimum Gasteiger partial charge on any atom is -0.357 e. The molecule has 7 heteroatoms. The van der Waals surface area contributed by atoms with E-state index >= 15 is 0 Å². The highest BCUT2D eigenvalue weighted by Crippen LogP contribution is 2.16. The van der Waals surface area contributed by atoms with E-state index in [1.165, 1.54) is 18.0 Å². The number of likely N-dealkylation sites (N-methyl/N-ethyl adjacent to an activating group) is 1. The standard InChI is InChI=1S/C18H34N6S/c1-6-19-18(21-13-17-22-15(4)16(5)25-17)20-12-14(3)24-10-8-23(7-2)9-11-24/h14H,6-13H2,1-5H3,(H2,19,20,21). The molecule has 6 nitrogen and oxygen atoms in total. The molecule has 0 amide bonds. The van der Waals surface area contributed by atoms with Crippen molar-refractivity contribution in [2.45, 2.75) is 47.2 Å². The number of rotatable bonds is 7. The number of aromatic nitrogens is 1. The molecule has 142 valence electrons. The summed E-state index contributed by atoms with van der Waals surface area (Å²) >= 11 is 1.74. The molecule has 1 aromatic rings. The smallest absolute Gasteiger partial charge is 0.191 e. The first-order chi connectivity index (χ1) is 12.0. The van der Waals surface area contributed by atoms with Gasteiger partial charge in [-0.15, -0.1) is 11.3 Å². The van der Waals surface area contributed by atoms with E-state index in [0.717, 1.165) is 49.4 Å². The molecule has 1 aromatic heterocycles. The topological polar surface area (TPSA) is 55.8 Å². The second kappa shape index (κ2) is 10.1. The second-order valence-corrected chi connectivity index (χ2v) is 7.93. The zero-order chi connectivity index (χ0) is 18.2. The lowest BCUT2D eigenvalue weighted by molar-refractivity contribution is 0.107. The Kier molecular flexibility index (Phi) is 8.12. The first-order valence-electron chi connectivity index (χ1n) is 9.45. The molecule has 0 aliphatic carbocycles. The summed E-state index contributed by atoms with van der Waals surface area (Å²) in [5, 5.41) is 7.91. The first kappa shape index (κ1) is 20.1. The molecule has 0 radical (unpaired) electrons. The molecular formula is C18H34N6S. The maximum atomic E-state index is 4.70. The minimum atomic E-state index is 0.507. The Morgan fingerprint density at radius 3 is 2.48 bits per heavy atom. The summed E-state index contributed by atoms with van der Waals surface area (Å²) in [5.74, 6) is 0.882. The average molecular weight is 367 g/mol. The van der Waals surface area contributed by atoms with Crippen LogP contribution in [0.3, 0.4) is 0 Å². The minimum absolute atomic E-state index is 0.507. The Morgan fingerprint density at radius 1 is 1.20 bits per heavy atom. The predicted octanol–water partition coefficient (Wildman–Crippen LogP) is 1.84. The predicted molar refractivity (Wildman–Crippen MR) is 108 cm³/mol. The molecule has 1 unspecified atom stereocenters. The second-order valence-electron chi connectivity index (χ2n) is 6.64. The van der Waals surface area contributed by atoms with E-state index in [1.54, 1.807) is 11.3 Å². The molecule has 2 heterocycles. The molecular weight excluding hydrogens is 332 g/mol. The molecule has 0 saturated carbocycles. The van der Waals surface area contributed by atoms with Crippen molar-refractivity contribution >= 4 is 17.3 Å². The van der Waals surface area contributed by atoms with Crippen LogP contribution in [0.15, 0.2) is 4.99 Å². The quantitative estimate of drug-likeness (QED) is 0.570. The van der Waals surface area contributed by atoms with Crippen LogP contribution < -0.4 is 10.6 Å². The summed E-state index contributed by atoms with van der Waals surface area (Å²) in [5.41, 5.74) is 1.12. The van der Waals surface area contributed by atoms with Crippen LogP contribution in [0.4, 0.5) is 0 Å². The summed E-state index contributed by atoms with van der Waals surface area (Å²) in [6, 6.07) is 0.507. The Balaban J connectivity index is 1.82. The molecule has 1 aliphatic rings. The maximum Gasteiger partial charge on any atom is 0.191 e. The third kappa shape index (κ3) is 6.24. The molecule has 1 atom stereocenters. The highest BCUT2D eigenvalue weighted by atomic mass is 32.1. The van der Waals surface area contributed by atoms with Crippen molar-refractivity contribution in [3.8, 4) is 0 Å². The van der Waals surface area contributed by atoms with Crippen molar-refractivity contribution in [1.82, 2.24) is 25.4 Å². The van der Waals surface area contributed by atoms with Crippen molar-refractivity contribution in [3.05, 3.63) is 15.6 Å². The molecule has 0 spiro atoms. The van der Waals surface area contributed by atoms with E-state index in [4.69, 9.17) is 4.99 Å². The van der Waals surface area contributed by atoms with E-state index in [2.05, 4.69) is 60.0 Å². The van der Waals surface area contributed by atoms with E-state index in [0.29, 0.717) is 12.6 Å². The number of aryl methyl sites for hydroxylation is 2. The van der Waals surface area contributed by atoms with Gasteiger partial charge < -0.3 is 15.5 Å². The lowest BCUT2D eigenvalue weighted by atomic mass is 10.2. The number of nitrogens with zero attached hydrogens (tertiary/aromatic N) is 4. The average Bonchev–Trinajstić information content (AvgIpc) is 2.95. The van der Waals surface area contributed by atoms with Crippen molar-refractivity contribution in [2.24, 2.45) is 4.99 Å². The molecule has 1 saturated heterocycles. The van der Waals surface area contributed by atoms with Crippen LogP contribution in [-0.4, -0.2) is 72.6 Å². The van der Waals surface area contributed by atoms with Crippen LogP contribution >= 0.6 is 11.3 Å². The van der Waals surface area contributed by atoms with Gasteiger partial charge in [0.15, 0.2) is 5.96 Å². The van der Waals surface area contributed by atoms with Crippen molar-refractivity contribution < 1.29 is 0 Å². The van der Waals surface area contributed by atoms with Gasteiger partial charge in [-0.1, -0.05) is 6.92 Å². The van der Waals surface area contributed by atoms with Gasteiger partial charge in [0.25, 0.3) is 0 Å². The van der Waals surface area contributed by atoms with Crippen molar-refractivity contribution in [2.75, 3.05) is 45.8 Å². The van der Waals surface area contributed by atoms with Gasteiger partial charge in [0.05, 0.1) is 12.2 Å². The first-order valence-corrected chi connectivity index (χ1v) is 10.3. The van der Waals surface area contributed by atoms with Gasteiger partial charge in [-0.2, -0.15) is 0 Å². The largest absolute Gasteiger partial charge is 0.357 e. The van der Waals surface area contributed by atoms with E-state index < -0.39 is 0 Å². The maximum absolute atomic E-state index is 4.70. The third-order valence-corrected chi connectivity index (χ3v) is 5.89. The summed E-state index contributed by atoms with van der Waals surface area (Å²) in [6.45, 7) is 19.1. The Hall–Kier alpha value is -1.18. The van der Waals surface area contributed by atoms with Gasteiger partial charge in [-0.05, 0) is 34.2 Å². The highest BCUT2D eigenvalue weighted by molar-refractivity contribution is 7.11. The van der Waals surface area contributed by atoms with Crippen LogP contribution in [-0.2, 0) is 6.54 Å². The van der Waals surface area contributed by atoms with Gasteiger partial charge in [-0.25, -0.2) is 9.98 Å². The molecule has 1 fully saturated rings. The van der Waals surface area contributed by atoms with E-state index in [1.807, 2.05) is 0 Å². The summed E-state index contributed by atoms with van der Waals surface area (Å²) < 4.78 is 0. The van der Waals surface area contributed by atoms with Crippen LogP contribution in [0.2, 0.25) is 0 Å². The van der Waals surface area contributed by atoms with E-state index in [9.17, 15) is 0 Å². The van der Waals surface area contributed by atoms with Gasteiger partial charge in [0.2, 0.25) is 0 Å². The molecule has 0 aromatic carbocycles. The lowest BCUT2D eigenvalue weighted by Gasteiger charge is -2.37. The number of nitrogens with one attached hydrogen (secondary N) is 2. The summed E-state index contributed by atoms with van der Waals surface area (Å²) in [7, 11) is 0. The zero-order valence-electron chi connectivity index (χ0n) is 16.4. The third-order valence-electron chi connectivity index (χ3n) is 4.83. The summed E-state index contributed by atoms with van der Waals surface area (Å²) in [6.07, 6.45) is 0. The Bertz CT molecular complexity index is 528. The molecule has 1 aliphatic heterocycles. The monoisotopic (exact) mass is 366 g/mol. The normalized spacial score (nSPS) is 18.4. The van der Waals surface area contributed by atoms with Crippen LogP contribution in [0.25, 0.3) is 0 Å². The fraction of sp³-hybridized carbons (Fsp3) is 0.778. The lowest BCUT2D eigenvalue weighted by Crippen LogP contribution is -2.53. The van der Waals surface area contributed by atoms with Crippen molar-refractivity contribution in [1.29, 1.82) is 0 Å². The van der Waals surface area contributed by atoms with Crippen LogP contribution in [0, 0.1) is 13.8 Å². The number of hydrogen-bond acceptors (Lipinski definition) is 5. The zero-order valence-corrected chi connectivity index (χ0v) is 17.2. The highest BCUT2D eigenvalue weighted by Gasteiger charge is 2.20. The van der Waals surface area contributed by atoms with Crippen LogP contribution in [0.1, 0.15) is 36.3 Å². The fourth-order valence-corrected chi connectivity index (χ4v) is 3.85. The molecule has 0 bridgehead atoms. The molecule has 2 N–H and O–H groups in total. The molecule has 25 heavy (non-hydrogen) atoms. The van der Waals surface area contributed by atoms with Gasteiger partial charge >= 0.3 is 0 Å². The Labute approximate surface area is 156 Å². The number of thiazole rings is 1. The number of piperazine rings is 1. The number of aliphatic imine (C=N–C) groups is 1. The molecule has 2 rings (SSSR count). The summed E-state index contributed by atoms with van der Waals surface area (Å²) in [4.78, 5) is 15.6. The SMILES string of the molecule is CCNC(=NCc1nc(C)c(C)s1)NCC(C)N1CCN(CC)CC1. The number of guanidine groups is 1. The van der Waals surface area contributed by atoms with E-state index in [-0.39, 0.29) is 0 Å². The van der Waals surface area contributed by atoms with Gasteiger partial charge in [-0.3, -0.25) is 4.90 Å².